The SMILES string of the molecule is Cc1cc(-c2nnc(SCC(=O)Nc3ccc(F)cc3)o2)c(C)o1. The fraction of sp³-hybridized carbons (Fsp3) is 0.188. The zero-order chi connectivity index (χ0) is 17.1. The number of hydrogen-bond acceptors (Lipinski definition) is 6. The number of thioether (sulfide) groups is 1. The van der Waals surface area contributed by atoms with E-state index < -0.39 is 0 Å². The van der Waals surface area contributed by atoms with Gasteiger partial charge in [0.05, 0.1) is 11.3 Å². The van der Waals surface area contributed by atoms with Gasteiger partial charge in [-0.1, -0.05) is 11.8 Å². The van der Waals surface area contributed by atoms with Crippen LogP contribution in [0.5, 0.6) is 0 Å². The number of carbonyl (C=O) groups is 1. The van der Waals surface area contributed by atoms with E-state index >= 15 is 0 Å². The maximum Gasteiger partial charge on any atom is 0.277 e. The van der Waals surface area contributed by atoms with Crippen LogP contribution in [0.4, 0.5) is 10.1 Å². The first-order valence-corrected chi connectivity index (χ1v) is 8.09. The highest BCUT2D eigenvalue weighted by Crippen LogP contribution is 2.28. The molecule has 6 nitrogen and oxygen atoms in total. The summed E-state index contributed by atoms with van der Waals surface area (Å²) >= 11 is 1.12. The first-order valence-electron chi connectivity index (χ1n) is 7.10. The van der Waals surface area contributed by atoms with Crippen LogP contribution in [0, 0.1) is 19.7 Å². The summed E-state index contributed by atoms with van der Waals surface area (Å²) < 4.78 is 23.8. The standard InChI is InChI=1S/C16H14FN3O3S/c1-9-7-13(10(2)22-9)15-19-20-16(23-15)24-8-14(21)18-12-5-3-11(17)4-6-12/h3-7H,8H2,1-2H3,(H,18,21). The molecular weight excluding hydrogens is 333 g/mol. The molecule has 1 amide bonds. The molecule has 1 aromatic carbocycles. The largest absolute Gasteiger partial charge is 0.466 e. The van der Waals surface area contributed by atoms with Gasteiger partial charge in [0, 0.05) is 5.69 Å². The van der Waals surface area contributed by atoms with E-state index in [0.29, 0.717) is 17.3 Å². The highest BCUT2D eigenvalue weighted by atomic mass is 32.2. The monoisotopic (exact) mass is 347 g/mol. The van der Waals surface area contributed by atoms with Crippen molar-refractivity contribution in [1.82, 2.24) is 10.2 Å². The minimum Gasteiger partial charge on any atom is -0.466 e. The lowest BCUT2D eigenvalue weighted by molar-refractivity contribution is -0.113. The molecule has 0 radical (unpaired) electrons. The average Bonchev–Trinajstić information content (AvgIpc) is 3.13. The topological polar surface area (TPSA) is 81.2 Å². The van der Waals surface area contributed by atoms with Gasteiger partial charge in [-0.25, -0.2) is 4.39 Å². The predicted molar refractivity (Wildman–Crippen MR) is 87.2 cm³/mol. The van der Waals surface area contributed by atoms with E-state index in [2.05, 4.69) is 15.5 Å². The number of carbonyl (C=O) groups excluding carboxylic acids is 1. The molecule has 24 heavy (non-hydrogen) atoms. The number of halogens is 1. The van der Waals surface area contributed by atoms with E-state index in [-0.39, 0.29) is 22.7 Å². The van der Waals surface area contributed by atoms with Crippen molar-refractivity contribution in [2.24, 2.45) is 0 Å². The third-order valence-electron chi connectivity index (χ3n) is 3.13. The molecule has 8 heteroatoms. The second-order valence-electron chi connectivity index (χ2n) is 5.04. The van der Waals surface area contributed by atoms with E-state index in [0.717, 1.165) is 23.1 Å². The molecule has 0 fully saturated rings. The van der Waals surface area contributed by atoms with Crippen LogP contribution in [-0.2, 0) is 4.79 Å². The van der Waals surface area contributed by atoms with Gasteiger partial charge in [0.1, 0.15) is 17.3 Å². The van der Waals surface area contributed by atoms with Crippen LogP contribution >= 0.6 is 11.8 Å². The van der Waals surface area contributed by atoms with Gasteiger partial charge in [-0.15, -0.1) is 10.2 Å². The van der Waals surface area contributed by atoms with Crippen LogP contribution in [0.2, 0.25) is 0 Å². The quantitative estimate of drug-likeness (QED) is 0.707. The van der Waals surface area contributed by atoms with E-state index in [1.807, 2.05) is 19.9 Å². The number of hydrogen-bond donors (Lipinski definition) is 1. The zero-order valence-corrected chi connectivity index (χ0v) is 13.8. The van der Waals surface area contributed by atoms with Crippen LogP contribution in [0.1, 0.15) is 11.5 Å². The summed E-state index contributed by atoms with van der Waals surface area (Å²) in [6, 6.07) is 7.36. The van der Waals surface area contributed by atoms with E-state index in [4.69, 9.17) is 8.83 Å². The maximum atomic E-state index is 12.8. The molecule has 124 valence electrons. The second kappa shape index (κ2) is 6.88. The number of nitrogens with zero attached hydrogens (tertiary/aromatic N) is 2. The van der Waals surface area contributed by atoms with Crippen molar-refractivity contribution < 1.29 is 18.0 Å². The Balaban J connectivity index is 1.58. The Morgan fingerprint density at radius 2 is 1.96 bits per heavy atom. The molecule has 0 aliphatic carbocycles. The number of benzene rings is 1. The van der Waals surface area contributed by atoms with Crippen molar-refractivity contribution in [3.63, 3.8) is 0 Å². The minimum absolute atomic E-state index is 0.0996. The Kier molecular flexibility index (Phi) is 4.66. The number of aryl methyl sites for hydroxylation is 2. The van der Waals surface area contributed by atoms with Gasteiger partial charge in [0.2, 0.25) is 5.91 Å². The van der Waals surface area contributed by atoms with E-state index in [9.17, 15) is 9.18 Å². The smallest absolute Gasteiger partial charge is 0.277 e. The summed E-state index contributed by atoms with van der Waals surface area (Å²) in [5.41, 5.74) is 1.26. The molecular formula is C16H14FN3O3S. The summed E-state index contributed by atoms with van der Waals surface area (Å²) in [4.78, 5) is 11.9. The minimum atomic E-state index is -0.356. The normalized spacial score (nSPS) is 10.8. The molecule has 0 spiro atoms. The fourth-order valence-electron chi connectivity index (χ4n) is 2.08. The average molecular weight is 347 g/mol. The molecule has 2 aromatic heterocycles. The Morgan fingerprint density at radius 3 is 2.62 bits per heavy atom. The summed E-state index contributed by atoms with van der Waals surface area (Å²) in [5.74, 6) is 1.30. The summed E-state index contributed by atoms with van der Waals surface area (Å²) in [5, 5.41) is 10.8. The van der Waals surface area contributed by atoms with Gasteiger partial charge in [0.25, 0.3) is 11.1 Å². The van der Waals surface area contributed by atoms with Crippen molar-refractivity contribution in [2.75, 3.05) is 11.1 Å². The molecule has 3 aromatic rings. The van der Waals surface area contributed by atoms with Crippen molar-refractivity contribution in [3.05, 3.63) is 47.7 Å². The lowest BCUT2D eigenvalue weighted by Gasteiger charge is -2.03. The lowest BCUT2D eigenvalue weighted by Crippen LogP contribution is -2.13. The van der Waals surface area contributed by atoms with Crippen LogP contribution in [0.15, 0.2) is 44.4 Å². The zero-order valence-electron chi connectivity index (χ0n) is 13.0. The molecule has 2 heterocycles. The Hall–Kier alpha value is -2.61. The number of anilines is 1. The first-order chi connectivity index (χ1) is 11.5. The third-order valence-corrected chi connectivity index (χ3v) is 3.95. The summed E-state index contributed by atoms with van der Waals surface area (Å²) in [6.45, 7) is 3.65. The fourth-order valence-corrected chi connectivity index (χ4v) is 2.64. The highest BCUT2D eigenvalue weighted by Gasteiger charge is 2.15. The second-order valence-corrected chi connectivity index (χ2v) is 5.97. The van der Waals surface area contributed by atoms with Crippen molar-refractivity contribution >= 4 is 23.4 Å². The highest BCUT2D eigenvalue weighted by molar-refractivity contribution is 7.99. The van der Waals surface area contributed by atoms with Gasteiger partial charge < -0.3 is 14.2 Å². The molecule has 0 saturated heterocycles. The molecule has 3 rings (SSSR count). The van der Waals surface area contributed by atoms with Gasteiger partial charge in [-0.3, -0.25) is 4.79 Å². The molecule has 0 aliphatic heterocycles. The van der Waals surface area contributed by atoms with Crippen LogP contribution in [0.3, 0.4) is 0 Å². The number of amides is 1. The van der Waals surface area contributed by atoms with Crippen LogP contribution in [-0.4, -0.2) is 21.9 Å². The number of furan rings is 1. The Labute approximate surface area is 141 Å². The van der Waals surface area contributed by atoms with Gasteiger partial charge in [-0.05, 0) is 44.2 Å². The number of aromatic nitrogens is 2. The predicted octanol–water partition coefficient (Wildman–Crippen LogP) is 3.82. The summed E-state index contributed by atoms with van der Waals surface area (Å²) in [6.07, 6.45) is 0. The lowest BCUT2D eigenvalue weighted by atomic mass is 10.2. The van der Waals surface area contributed by atoms with Crippen LogP contribution in [0.25, 0.3) is 11.5 Å². The Morgan fingerprint density at radius 1 is 1.21 bits per heavy atom. The number of rotatable bonds is 5. The molecule has 1 N–H and O–H groups in total. The van der Waals surface area contributed by atoms with Gasteiger partial charge >= 0.3 is 0 Å². The van der Waals surface area contributed by atoms with E-state index in [1.165, 1.54) is 24.3 Å². The molecule has 0 unspecified atom stereocenters. The van der Waals surface area contributed by atoms with Crippen LogP contribution < -0.4 is 5.32 Å². The Bertz CT molecular complexity index is 858. The maximum absolute atomic E-state index is 12.8. The summed E-state index contributed by atoms with van der Waals surface area (Å²) in [7, 11) is 0. The van der Waals surface area contributed by atoms with Crippen molar-refractivity contribution in [1.29, 1.82) is 0 Å². The number of nitrogens with one attached hydrogen (secondary N) is 1. The van der Waals surface area contributed by atoms with Gasteiger partial charge in [-0.2, -0.15) is 0 Å². The van der Waals surface area contributed by atoms with Crippen molar-refractivity contribution in [2.45, 2.75) is 19.1 Å². The molecule has 0 atom stereocenters. The molecule has 0 aliphatic rings. The third kappa shape index (κ3) is 3.83. The van der Waals surface area contributed by atoms with E-state index in [1.54, 1.807) is 0 Å². The molecule has 0 bridgehead atoms. The van der Waals surface area contributed by atoms with Gasteiger partial charge in [0.15, 0.2) is 0 Å². The molecule has 0 saturated carbocycles. The van der Waals surface area contributed by atoms with Crippen molar-refractivity contribution in [3.8, 4) is 11.5 Å². The first kappa shape index (κ1) is 16.3.